The highest BCUT2D eigenvalue weighted by atomic mass is 19.2. The number of nitrogens with one attached hydrogen (secondary N) is 2. The van der Waals surface area contributed by atoms with Crippen molar-refractivity contribution in [2.75, 3.05) is 25.0 Å². The van der Waals surface area contributed by atoms with E-state index in [9.17, 15) is 23.1 Å². The largest absolute Gasteiger partial charge is 0.385 e. The number of amides is 1. The number of aromatic nitrogens is 2. The van der Waals surface area contributed by atoms with Gasteiger partial charge in [-0.25, -0.2) is 18.2 Å². The Labute approximate surface area is 188 Å². The van der Waals surface area contributed by atoms with Gasteiger partial charge < -0.3 is 25.2 Å². The van der Waals surface area contributed by atoms with Gasteiger partial charge in [0.2, 0.25) is 0 Å². The molecule has 2 aromatic carbocycles. The average molecular weight is 459 g/mol. The van der Waals surface area contributed by atoms with Gasteiger partial charge in [-0.05, 0) is 36.8 Å². The maximum atomic E-state index is 14.6. The summed E-state index contributed by atoms with van der Waals surface area (Å²) in [6, 6.07) is 6.24. The summed E-state index contributed by atoms with van der Waals surface area (Å²) in [5.41, 5.74) is -0.244. The van der Waals surface area contributed by atoms with Crippen molar-refractivity contribution in [3.05, 3.63) is 77.1 Å². The Morgan fingerprint density at radius 3 is 2.61 bits per heavy atom. The molecule has 1 amide bonds. The summed E-state index contributed by atoms with van der Waals surface area (Å²) >= 11 is 0. The molecule has 0 atom stereocenters. The van der Waals surface area contributed by atoms with Gasteiger partial charge in [0.25, 0.3) is 5.91 Å². The Balaban J connectivity index is 1.45. The monoisotopic (exact) mass is 459 g/mol. The van der Waals surface area contributed by atoms with Gasteiger partial charge in [-0.3, -0.25) is 4.79 Å². The van der Waals surface area contributed by atoms with Crippen LogP contribution in [-0.2, 0) is 13.6 Å². The molecule has 3 aromatic rings. The molecule has 2 heterocycles. The number of hydrogen-bond acceptors (Lipinski definition) is 5. The Hall–Kier alpha value is -3.37. The number of imidazole rings is 1. The molecule has 0 aliphatic carbocycles. The van der Waals surface area contributed by atoms with E-state index >= 15 is 0 Å². The van der Waals surface area contributed by atoms with Gasteiger partial charge in [0.1, 0.15) is 11.4 Å². The van der Waals surface area contributed by atoms with Crippen molar-refractivity contribution in [1.82, 2.24) is 19.8 Å². The molecule has 0 bridgehead atoms. The molecule has 10 heteroatoms. The molecule has 33 heavy (non-hydrogen) atoms. The lowest BCUT2D eigenvalue weighted by Crippen LogP contribution is -2.67. The fourth-order valence-corrected chi connectivity index (χ4v) is 3.78. The Morgan fingerprint density at radius 1 is 1.18 bits per heavy atom. The minimum absolute atomic E-state index is 0.0154. The van der Waals surface area contributed by atoms with Crippen LogP contribution in [0.4, 0.5) is 24.5 Å². The number of hydrogen-bond donors (Lipinski definition) is 3. The zero-order chi connectivity index (χ0) is 23.8. The highest BCUT2D eigenvalue weighted by Gasteiger charge is 2.44. The van der Waals surface area contributed by atoms with Crippen LogP contribution in [0.2, 0.25) is 0 Å². The molecular weight excluding hydrogens is 435 g/mol. The van der Waals surface area contributed by atoms with E-state index in [-0.39, 0.29) is 30.9 Å². The standard InChI is InChI=1S/C23H24F3N5O2/c1-14-3-6-19(18(25)7-14)29-21-16(4-5-17(24)20(21)26)22(32)31-11-23(33,12-31)10-27-8-15-9-28-13-30(15)2/h3-7,9,13,27,29,33H,8,10-12H2,1-2H3. The SMILES string of the molecule is Cc1ccc(Nc2c(C(=O)N3CC(O)(CNCc4cncn4C)C3)ccc(F)c2F)c(F)c1. The first-order valence-electron chi connectivity index (χ1n) is 10.4. The van der Waals surface area contributed by atoms with Crippen molar-refractivity contribution in [2.24, 2.45) is 7.05 Å². The van der Waals surface area contributed by atoms with Crippen molar-refractivity contribution >= 4 is 17.3 Å². The Kier molecular flexibility index (Phi) is 6.13. The van der Waals surface area contributed by atoms with E-state index in [1.807, 2.05) is 11.6 Å². The molecule has 3 N–H and O–H groups in total. The second kappa shape index (κ2) is 8.87. The van der Waals surface area contributed by atoms with Gasteiger partial charge in [-0.15, -0.1) is 0 Å². The molecule has 1 aromatic heterocycles. The third-order valence-corrected chi connectivity index (χ3v) is 5.64. The van der Waals surface area contributed by atoms with Crippen molar-refractivity contribution in [2.45, 2.75) is 19.1 Å². The highest BCUT2D eigenvalue weighted by Crippen LogP contribution is 2.31. The van der Waals surface area contributed by atoms with Crippen LogP contribution in [-0.4, -0.2) is 50.7 Å². The molecule has 1 aliphatic heterocycles. The molecule has 0 saturated carbocycles. The topological polar surface area (TPSA) is 82.4 Å². The lowest BCUT2D eigenvalue weighted by molar-refractivity contribution is -0.0787. The minimum Gasteiger partial charge on any atom is -0.385 e. The van der Waals surface area contributed by atoms with Crippen molar-refractivity contribution in [3.8, 4) is 0 Å². The number of carbonyl (C=O) groups excluding carboxylic acids is 1. The maximum Gasteiger partial charge on any atom is 0.256 e. The predicted molar refractivity (Wildman–Crippen MR) is 117 cm³/mol. The first kappa shape index (κ1) is 22.8. The number of aliphatic hydroxyl groups is 1. The second-order valence-corrected chi connectivity index (χ2v) is 8.38. The van der Waals surface area contributed by atoms with Crippen LogP contribution < -0.4 is 10.6 Å². The fourth-order valence-electron chi connectivity index (χ4n) is 3.78. The van der Waals surface area contributed by atoms with E-state index in [0.29, 0.717) is 12.1 Å². The number of β-amino-alcohol motifs (C(OH)–C–C–N with tert-alkyl or cyclic N) is 1. The molecule has 4 rings (SSSR count). The maximum absolute atomic E-state index is 14.6. The summed E-state index contributed by atoms with van der Waals surface area (Å²) < 4.78 is 44.6. The van der Waals surface area contributed by atoms with E-state index in [4.69, 9.17) is 0 Å². The Bertz CT molecular complexity index is 1190. The van der Waals surface area contributed by atoms with Gasteiger partial charge in [0, 0.05) is 26.3 Å². The molecule has 1 saturated heterocycles. The summed E-state index contributed by atoms with van der Waals surface area (Å²) in [7, 11) is 1.86. The average Bonchev–Trinajstić information content (AvgIpc) is 3.15. The first-order chi connectivity index (χ1) is 15.7. The van der Waals surface area contributed by atoms with Crippen LogP contribution in [0.5, 0.6) is 0 Å². The van der Waals surface area contributed by atoms with Crippen LogP contribution in [0.25, 0.3) is 0 Å². The van der Waals surface area contributed by atoms with Crippen LogP contribution >= 0.6 is 0 Å². The van der Waals surface area contributed by atoms with Gasteiger partial charge in [-0.2, -0.15) is 0 Å². The molecule has 174 valence electrons. The summed E-state index contributed by atoms with van der Waals surface area (Å²) in [5.74, 6) is -3.70. The van der Waals surface area contributed by atoms with Crippen molar-refractivity contribution in [1.29, 1.82) is 0 Å². The van der Waals surface area contributed by atoms with Crippen LogP contribution in [0.3, 0.4) is 0 Å². The number of benzene rings is 2. The summed E-state index contributed by atoms with van der Waals surface area (Å²) in [6.07, 6.45) is 3.38. The fraction of sp³-hybridized carbons (Fsp3) is 0.304. The van der Waals surface area contributed by atoms with Gasteiger partial charge >= 0.3 is 0 Å². The number of carbonyl (C=O) groups is 1. The molecule has 1 fully saturated rings. The normalized spacial score (nSPS) is 14.8. The first-order valence-corrected chi connectivity index (χ1v) is 10.4. The smallest absolute Gasteiger partial charge is 0.256 e. The van der Waals surface area contributed by atoms with Crippen LogP contribution in [0, 0.1) is 24.4 Å². The molecule has 7 nitrogen and oxygen atoms in total. The summed E-state index contributed by atoms with van der Waals surface area (Å²) in [5, 5.41) is 16.3. The van der Waals surface area contributed by atoms with Crippen molar-refractivity contribution < 1.29 is 23.1 Å². The predicted octanol–water partition coefficient (Wildman–Crippen LogP) is 2.87. The quantitative estimate of drug-likeness (QED) is 0.506. The molecule has 0 radical (unpaired) electrons. The number of halogens is 3. The number of likely N-dealkylation sites (tertiary alicyclic amines) is 1. The second-order valence-electron chi connectivity index (χ2n) is 8.38. The lowest BCUT2D eigenvalue weighted by atomic mass is 9.92. The zero-order valence-electron chi connectivity index (χ0n) is 18.2. The van der Waals surface area contributed by atoms with E-state index in [2.05, 4.69) is 15.6 Å². The summed E-state index contributed by atoms with van der Waals surface area (Å²) in [6.45, 7) is 2.45. The van der Waals surface area contributed by atoms with Gasteiger partial charge in [-0.1, -0.05) is 6.07 Å². The van der Waals surface area contributed by atoms with E-state index in [1.165, 1.54) is 17.0 Å². The van der Waals surface area contributed by atoms with E-state index in [1.54, 1.807) is 25.5 Å². The summed E-state index contributed by atoms with van der Waals surface area (Å²) in [4.78, 5) is 18.3. The number of rotatable bonds is 7. The Morgan fingerprint density at radius 2 is 1.94 bits per heavy atom. The number of nitrogens with zero attached hydrogens (tertiary/aromatic N) is 3. The van der Waals surface area contributed by atoms with E-state index < -0.39 is 34.6 Å². The zero-order valence-corrected chi connectivity index (χ0v) is 18.2. The van der Waals surface area contributed by atoms with Gasteiger partial charge in [0.15, 0.2) is 11.6 Å². The molecular formula is C23H24F3N5O2. The molecule has 1 aliphatic rings. The van der Waals surface area contributed by atoms with Crippen LogP contribution in [0.1, 0.15) is 21.6 Å². The van der Waals surface area contributed by atoms with Gasteiger partial charge in [0.05, 0.1) is 42.0 Å². The number of aryl methyl sites for hydroxylation is 2. The third kappa shape index (κ3) is 4.71. The molecule has 0 spiro atoms. The molecule has 0 unspecified atom stereocenters. The van der Waals surface area contributed by atoms with E-state index in [0.717, 1.165) is 17.8 Å². The van der Waals surface area contributed by atoms with Crippen molar-refractivity contribution in [3.63, 3.8) is 0 Å². The third-order valence-electron chi connectivity index (χ3n) is 5.64. The number of anilines is 2. The lowest BCUT2D eigenvalue weighted by Gasteiger charge is -2.46. The minimum atomic E-state index is -1.28. The van der Waals surface area contributed by atoms with Crippen LogP contribution in [0.15, 0.2) is 42.9 Å². The highest BCUT2D eigenvalue weighted by molar-refractivity contribution is 6.01.